The lowest BCUT2D eigenvalue weighted by atomic mass is 9.78. The van der Waals surface area contributed by atoms with E-state index in [0.717, 1.165) is 12.8 Å². The van der Waals surface area contributed by atoms with E-state index in [4.69, 9.17) is 11.2 Å². The van der Waals surface area contributed by atoms with Gasteiger partial charge in [0.15, 0.2) is 0 Å². The first-order valence-electron chi connectivity index (χ1n) is 6.63. The Hall–Kier alpha value is -1.95. The van der Waals surface area contributed by atoms with Gasteiger partial charge in [-0.15, -0.1) is 6.42 Å². The van der Waals surface area contributed by atoms with Gasteiger partial charge in [0.1, 0.15) is 5.75 Å². The van der Waals surface area contributed by atoms with E-state index in [0.29, 0.717) is 23.5 Å². The Morgan fingerprint density at radius 2 is 2.21 bits per heavy atom. The number of ether oxygens (including phenoxy) is 1. The maximum Gasteiger partial charge on any atom is 0.251 e. The molecule has 0 radical (unpaired) electrons. The Bertz CT molecular complexity index is 524. The summed E-state index contributed by atoms with van der Waals surface area (Å²) >= 11 is 0. The highest BCUT2D eigenvalue weighted by molar-refractivity contribution is 5.95. The Morgan fingerprint density at radius 3 is 2.74 bits per heavy atom. The summed E-state index contributed by atoms with van der Waals surface area (Å²) < 4.78 is 5.43. The Kier molecular flexibility index (Phi) is 3.80. The van der Waals surface area contributed by atoms with Gasteiger partial charge in [0.05, 0.1) is 6.61 Å². The molecule has 1 aromatic rings. The summed E-state index contributed by atoms with van der Waals surface area (Å²) in [5.41, 5.74) is 1.16. The van der Waals surface area contributed by atoms with Gasteiger partial charge < -0.3 is 10.1 Å². The molecule has 0 bridgehead atoms. The minimum Gasteiger partial charge on any atom is -0.494 e. The third kappa shape index (κ3) is 3.08. The Morgan fingerprint density at radius 1 is 1.47 bits per heavy atom. The molecule has 0 spiro atoms. The molecule has 1 aliphatic carbocycles. The van der Waals surface area contributed by atoms with Crippen LogP contribution in [-0.2, 0) is 0 Å². The summed E-state index contributed by atoms with van der Waals surface area (Å²) in [7, 11) is 0. The van der Waals surface area contributed by atoms with E-state index in [1.807, 2.05) is 6.92 Å². The molecule has 2 rings (SSSR count). The largest absolute Gasteiger partial charge is 0.494 e. The molecule has 0 heterocycles. The molecule has 100 valence electrons. The molecule has 1 amide bonds. The summed E-state index contributed by atoms with van der Waals surface area (Å²) in [4.78, 5) is 12.2. The first-order chi connectivity index (χ1) is 9.06. The molecular formula is C16H19NO2. The van der Waals surface area contributed by atoms with Crippen molar-refractivity contribution >= 4 is 5.91 Å². The molecule has 0 atom stereocenters. The predicted octanol–water partition coefficient (Wildman–Crippen LogP) is 2.74. The van der Waals surface area contributed by atoms with Gasteiger partial charge in [-0.05, 0) is 51.3 Å². The quantitative estimate of drug-likeness (QED) is 0.842. The smallest absolute Gasteiger partial charge is 0.251 e. The van der Waals surface area contributed by atoms with Crippen LogP contribution in [0.4, 0.5) is 0 Å². The average Bonchev–Trinajstić information content (AvgIpc) is 2.36. The van der Waals surface area contributed by atoms with Gasteiger partial charge in [0.2, 0.25) is 0 Å². The SMILES string of the molecule is C#Cc1cc(OCC)cc(C(=O)NC2(C)CCC2)c1. The maximum absolute atomic E-state index is 12.2. The third-order valence-corrected chi connectivity index (χ3v) is 3.52. The molecule has 19 heavy (non-hydrogen) atoms. The minimum atomic E-state index is -0.0831. The third-order valence-electron chi connectivity index (χ3n) is 3.52. The summed E-state index contributed by atoms with van der Waals surface area (Å²) in [6.07, 6.45) is 8.65. The lowest BCUT2D eigenvalue weighted by Gasteiger charge is -2.39. The van der Waals surface area contributed by atoms with Crippen molar-refractivity contribution in [1.82, 2.24) is 5.32 Å². The number of amides is 1. The molecular weight excluding hydrogens is 238 g/mol. The van der Waals surface area contributed by atoms with Crippen molar-refractivity contribution in [3.05, 3.63) is 29.3 Å². The number of terminal acetylenes is 1. The van der Waals surface area contributed by atoms with Crippen molar-refractivity contribution in [2.45, 2.75) is 38.6 Å². The van der Waals surface area contributed by atoms with Crippen molar-refractivity contribution in [2.75, 3.05) is 6.61 Å². The van der Waals surface area contributed by atoms with Crippen LogP contribution >= 0.6 is 0 Å². The standard InChI is InChI=1S/C16H19NO2/c1-4-12-9-13(11-14(10-12)19-5-2)15(18)17-16(3)7-6-8-16/h1,9-11H,5-8H2,2-3H3,(H,17,18). The predicted molar refractivity (Wildman–Crippen MR) is 75.3 cm³/mol. The van der Waals surface area contributed by atoms with Crippen LogP contribution in [0.2, 0.25) is 0 Å². The molecule has 0 aliphatic heterocycles. The number of carbonyl (C=O) groups excluding carboxylic acids is 1. The molecule has 0 saturated heterocycles. The normalized spacial score (nSPS) is 16.1. The second kappa shape index (κ2) is 5.36. The van der Waals surface area contributed by atoms with E-state index in [1.165, 1.54) is 6.42 Å². The Balaban J connectivity index is 2.20. The molecule has 3 nitrogen and oxygen atoms in total. The van der Waals surface area contributed by atoms with E-state index in [-0.39, 0.29) is 11.4 Å². The van der Waals surface area contributed by atoms with Gasteiger partial charge in [-0.2, -0.15) is 0 Å². The lowest BCUT2D eigenvalue weighted by Crippen LogP contribution is -2.50. The molecule has 1 N–H and O–H groups in total. The summed E-state index contributed by atoms with van der Waals surface area (Å²) in [5.74, 6) is 3.11. The first kappa shape index (κ1) is 13.5. The number of benzene rings is 1. The van der Waals surface area contributed by atoms with Crippen LogP contribution in [0.1, 0.15) is 49.0 Å². The molecule has 3 heteroatoms. The highest BCUT2D eigenvalue weighted by Gasteiger charge is 2.33. The average molecular weight is 257 g/mol. The lowest BCUT2D eigenvalue weighted by molar-refractivity contribution is 0.0850. The van der Waals surface area contributed by atoms with E-state index in [9.17, 15) is 4.79 Å². The fourth-order valence-corrected chi connectivity index (χ4v) is 2.24. The van der Waals surface area contributed by atoms with Crippen molar-refractivity contribution in [2.24, 2.45) is 0 Å². The van der Waals surface area contributed by atoms with Crippen LogP contribution < -0.4 is 10.1 Å². The van der Waals surface area contributed by atoms with Crippen molar-refractivity contribution in [1.29, 1.82) is 0 Å². The zero-order valence-electron chi connectivity index (χ0n) is 11.5. The van der Waals surface area contributed by atoms with Crippen molar-refractivity contribution < 1.29 is 9.53 Å². The van der Waals surface area contributed by atoms with E-state index in [1.54, 1.807) is 18.2 Å². The Labute approximate surface area is 114 Å². The molecule has 1 fully saturated rings. The fourth-order valence-electron chi connectivity index (χ4n) is 2.24. The summed E-state index contributed by atoms with van der Waals surface area (Å²) in [6.45, 7) is 4.52. The van der Waals surface area contributed by atoms with Gasteiger partial charge in [-0.1, -0.05) is 5.92 Å². The van der Waals surface area contributed by atoms with Gasteiger partial charge in [-0.3, -0.25) is 4.79 Å². The van der Waals surface area contributed by atoms with Gasteiger partial charge in [0.25, 0.3) is 5.91 Å². The molecule has 0 aromatic heterocycles. The number of rotatable bonds is 4. The van der Waals surface area contributed by atoms with Crippen LogP contribution in [0.3, 0.4) is 0 Å². The second-order valence-corrected chi connectivity index (χ2v) is 5.19. The molecule has 1 saturated carbocycles. The van der Waals surface area contributed by atoms with Crippen LogP contribution in [0.5, 0.6) is 5.75 Å². The van der Waals surface area contributed by atoms with Crippen molar-refractivity contribution in [3.63, 3.8) is 0 Å². The van der Waals surface area contributed by atoms with Gasteiger partial charge >= 0.3 is 0 Å². The highest BCUT2D eigenvalue weighted by Crippen LogP contribution is 2.31. The van der Waals surface area contributed by atoms with E-state index < -0.39 is 0 Å². The van der Waals surface area contributed by atoms with Gasteiger partial charge in [-0.25, -0.2) is 0 Å². The highest BCUT2D eigenvalue weighted by atomic mass is 16.5. The molecule has 1 aliphatic rings. The van der Waals surface area contributed by atoms with Crippen molar-refractivity contribution in [3.8, 4) is 18.1 Å². The number of nitrogens with one attached hydrogen (secondary N) is 1. The molecule has 1 aromatic carbocycles. The number of hydrogen-bond acceptors (Lipinski definition) is 2. The van der Waals surface area contributed by atoms with Crippen LogP contribution in [0.15, 0.2) is 18.2 Å². The maximum atomic E-state index is 12.2. The van der Waals surface area contributed by atoms with E-state index in [2.05, 4.69) is 18.2 Å². The monoisotopic (exact) mass is 257 g/mol. The van der Waals surface area contributed by atoms with Crippen LogP contribution in [0.25, 0.3) is 0 Å². The zero-order valence-corrected chi connectivity index (χ0v) is 11.5. The van der Waals surface area contributed by atoms with Gasteiger partial charge in [0, 0.05) is 16.7 Å². The number of hydrogen-bond donors (Lipinski definition) is 1. The van der Waals surface area contributed by atoms with Crippen LogP contribution in [0, 0.1) is 12.3 Å². The van der Waals surface area contributed by atoms with E-state index >= 15 is 0 Å². The minimum absolute atomic E-state index is 0.0605. The molecule has 0 unspecified atom stereocenters. The summed E-state index contributed by atoms with van der Waals surface area (Å²) in [6, 6.07) is 5.23. The fraction of sp³-hybridized carbons (Fsp3) is 0.438. The zero-order chi connectivity index (χ0) is 13.9. The second-order valence-electron chi connectivity index (χ2n) is 5.19. The topological polar surface area (TPSA) is 38.3 Å². The summed E-state index contributed by atoms with van der Waals surface area (Å²) in [5, 5.41) is 3.07. The van der Waals surface area contributed by atoms with Crippen LogP contribution in [-0.4, -0.2) is 18.1 Å². The number of carbonyl (C=O) groups is 1. The first-order valence-corrected chi connectivity index (χ1v) is 6.63.